The smallest absolute Gasteiger partial charge is 0.338 e. The minimum absolute atomic E-state index is 0.398. The van der Waals surface area contributed by atoms with E-state index < -0.39 is 5.97 Å². The number of aliphatic imine (C=N–C) groups is 1. The summed E-state index contributed by atoms with van der Waals surface area (Å²) in [6.45, 7) is 0. The minimum atomic E-state index is -0.398. The number of ether oxygens (including phenoxy) is 1. The Balaban J connectivity index is 2.07. The van der Waals surface area contributed by atoms with E-state index in [0.29, 0.717) is 16.3 Å². The Morgan fingerprint density at radius 1 is 1.27 bits per heavy atom. The molecule has 0 bridgehead atoms. The number of nitrogens with one attached hydrogen (secondary N) is 1. The average molecular weight is 313 g/mol. The van der Waals surface area contributed by atoms with Gasteiger partial charge in [0.15, 0.2) is 0 Å². The van der Waals surface area contributed by atoms with Crippen LogP contribution in [0.1, 0.15) is 15.9 Å². The van der Waals surface area contributed by atoms with Gasteiger partial charge in [0.1, 0.15) is 0 Å². The SMILES string of the molecule is COC(=O)c1cc(N=Cc2ccccc2Cl)c2cc[nH]c2c1. The van der Waals surface area contributed by atoms with Gasteiger partial charge in [0.25, 0.3) is 0 Å². The van der Waals surface area contributed by atoms with E-state index in [2.05, 4.69) is 9.98 Å². The van der Waals surface area contributed by atoms with Crippen LogP contribution in [0, 0.1) is 0 Å². The number of nitrogens with zero attached hydrogens (tertiary/aromatic N) is 1. The van der Waals surface area contributed by atoms with Crippen molar-refractivity contribution in [1.29, 1.82) is 0 Å². The van der Waals surface area contributed by atoms with E-state index in [1.165, 1.54) is 7.11 Å². The number of aromatic amines is 1. The Morgan fingerprint density at radius 2 is 2.09 bits per heavy atom. The normalized spacial score (nSPS) is 11.2. The van der Waals surface area contributed by atoms with Gasteiger partial charge in [-0.05, 0) is 24.3 Å². The van der Waals surface area contributed by atoms with Crippen molar-refractivity contribution in [1.82, 2.24) is 4.98 Å². The van der Waals surface area contributed by atoms with Gasteiger partial charge in [-0.2, -0.15) is 0 Å². The Hall–Kier alpha value is -2.59. The maximum absolute atomic E-state index is 11.8. The topological polar surface area (TPSA) is 54.4 Å². The number of carbonyl (C=O) groups is 1. The highest BCUT2D eigenvalue weighted by Gasteiger charge is 2.10. The number of hydrogen-bond donors (Lipinski definition) is 1. The summed E-state index contributed by atoms with van der Waals surface area (Å²) in [5, 5.41) is 1.55. The number of H-pyrrole nitrogens is 1. The molecule has 0 aliphatic heterocycles. The molecule has 0 atom stereocenters. The van der Waals surface area contributed by atoms with E-state index in [0.717, 1.165) is 16.5 Å². The molecule has 0 unspecified atom stereocenters. The van der Waals surface area contributed by atoms with Gasteiger partial charge in [-0.25, -0.2) is 4.79 Å². The summed E-state index contributed by atoms with van der Waals surface area (Å²) in [5.41, 5.74) is 2.77. The standard InChI is InChI=1S/C17H13ClN2O2/c1-22-17(21)12-8-15-13(6-7-19-15)16(9-12)20-10-11-4-2-3-5-14(11)18/h2-10,19H,1H3. The molecular weight excluding hydrogens is 300 g/mol. The first-order valence-corrected chi connectivity index (χ1v) is 7.05. The van der Waals surface area contributed by atoms with Crippen molar-refractivity contribution in [3.8, 4) is 0 Å². The molecule has 0 fully saturated rings. The van der Waals surface area contributed by atoms with Crippen LogP contribution >= 0.6 is 11.6 Å². The maximum Gasteiger partial charge on any atom is 0.338 e. The lowest BCUT2D eigenvalue weighted by molar-refractivity contribution is 0.0601. The summed E-state index contributed by atoms with van der Waals surface area (Å²) < 4.78 is 4.77. The zero-order valence-electron chi connectivity index (χ0n) is 11.8. The molecule has 5 heteroatoms. The molecule has 2 aromatic carbocycles. The third-order valence-corrected chi connectivity index (χ3v) is 3.66. The predicted molar refractivity (Wildman–Crippen MR) is 88.3 cm³/mol. The molecule has 3 aromatic rings. The Morgan fingerprint density at radius 3 is 2.86 bits per heavy atom. The molecule has 0 saturated carbocycles. The van der Waals surface area contributed by atoms with E-state index in [9.17, 15) is 4.79 Å². The molecule has 1 heterocycles. The van der Waals surface area contributed by atoms with Crippen molar-refractivity contribution in [2.24, 2.45) is 4.99 Å². The predicted octanol–water partition coefficient (Wildman–Crippen LogP) is 4.36. The molecule has 110 valence electrons. The summed E-state index contributed by atoms with van der Waals surface area (Å²) in [4.78, 5) is 19.3. The quantitative estimate of drug-likeness (QED) is 0.577. The second-order valence-electron chi connectivity index (χ2n) is 4.71. The lowest BCUT2D eigenvalue weighted by Gasteiger charge is -2.03. The van der Waals surface area contributed by atoms with Crippen LogP contribution in [0.2, 0.25) is 5.02 Å². The number of hydrogen-bond acceptors (Lipinski definition) is 3. The number of halogens is 1. The van der Waals surface area contributed by atoms with Gasteiger partial charge in [-0.3, -0.25) is 4.99 Å². The van der Waals surface area contributed by atoms with Crippen molar-refractivity contribution >= 4 is 40.4 Å². The van der Waals surface area contributed by atoms with Gasteiger partial charge >= 0.3 is 5.97 Å². The fraction of sp³-hybridized carbons (Fsp3) is 0.0588. The Labute approximate surface area is 132 Å². The largest absolute Gasteiger partial charge is 0.465 e. The third kappa shape index (κ3) is 2.73. The van der Waals surface area contributed by atoms with Gasteiger partial charge in [0.05, 0.1) is 18.4 Å². The number of benzene rings is 2. The number of aromatic nitrogens is 1. The van der Waals surface area contributed by atoms with E-state index in [1.54, 1.807) is 30.6 Å². The molecule has 0 saturated heterocycles. The van der Waals surface area contributed by atoms with Crippen LogP contribution in [0.3, 0.4) is 0 Å². The molecule has 0 amide bonds. The van der Waals surface area contributed by atoms with Gasteiger partial charge in [-0.1, -0.05) is 29.8 Å². The summed E-state index contributed by atoms with van der Waals surface area (Å²) in [6.07, 6.45) is 3.49. The van der Waals surface area contributed by atoms with Crippen molar-refractivity contribution in [2.45, 2.75) is 0 Å². The van der Waals surface area contributed by atoms with E-state index in [-0.39, 0.29) is 0 Å². The second kappa shape index (κ2) is 6.03. The van der Waals surface area contributed by atoms with Crippen LogP contribution in [0.5, 0.6) is 0 Å². The molecule has 1 aromatic heterocycles. The van der Waals surface area contributed by atoms with E-state index >= 15 is 0 Å². The van der Waals surface area contributed by atoms with Crippen molar-refractivity contribution in [3.63, 3.8) is 0 Å². The van der Waals surface area contributed by atoms with Crippen LogP contribution in [0.15, 0.2) is 53.7 Å². The van der Waals surface area contributed by atoms with Gasteiger partial charge in [0.2, 0.25) is 0 Å². The minimum Gasteiger partial charge on any atom is -0.465 e. The van der Waals surface area contributed by atoms with Crippen molar-refractivity contribution < 1.29 is 9.53 Å². The van der Waals surface area contributed by atoms with Crippen LogP contribution in [-0.4, -0.2) is 24.3 Å². The number of methoxy groups -OCH3 is 1. The average Bonchev–Trinajstić information content (AvgIpc) is 3.01. The van der Waals surface area contributed by atoms with Crippen LogP contribution < -0.4 is 0 Å². The summed E-state index contributed by atoms with van der Waals surface area (Å²) in [7, 11) is 1.36. The highest BCUT2D eigenvalue weighted by Crippen LogP contribution is 2.28. The maximum atomic E-state index is 11.8. The van der Waals surface area contributed by atoms with Crippen LogP contribution in [-0.2, 0) is 4.74 Å². The molecule has 1 N–H and O–H groups in total. The lowest BCUT2D eigenvalue weighted by atomic mass is 10.1. The number of carbonyl (C=O) groups excluding carboxylic acids is 1. The molecule has 22 heavy (non-hydrogen) atoms. The number of rotatable bonds is 3. The monoisotopic (exact) mass is 312 g/mol. The van der Waals surface area contributed by atoms with Crippen molar-refractivity contribution in [2.75, 3.05) is 7.11 Å². The fourth-order valence-electron chi connectivity index (χ4n) is 2.21. The molecule has 0 aliphatic rings. The first-order valence-electron chi connectivity index (χ1n) is 6.67. The van der Waals surface area contributed by atoms with Gasteiger partial charge < -0.3 is 9.72 Å². The third-order valence-electron chi connectivity index (χ3n) is 3.32. The molecule has 4 nitrogen and oxygen atoms in total. The summed E-state index contributed by atoms with van der Waals surface area (Å²) in [5.74, 6) is -0.398. The van der Waals surface area contributed by atoms with Crippen LogP contribution in [0.4, 0.5) is 5.69 Å². The molecule has 0 aliphatic carbocycles. The zero-order chi connectivity index (χ0) is 15.5. The molecular formula is C17H13ClN2O2. The Kier molecular flexibility index (Phi) is 3.94. The first-order chi connectivity index (χ1) is 10.7. The Bertz CT molecular complexity index is 868. The summed E-state index contributed by atoms with van der Waals surface area (Å²) in [6, 6.07) is 12.8. The van der Waals surface area contributed by atoms with E-state index in [4.69, 9.17) is 16.3 Å². The van der Waals surface area contributed by atoms with Crippen molar-refractivity contribution in [3.05, 3.63) is 64.8 Å². The molecule has 0 radical (unpaired) electrons. The molecule has 0 spiro atoms. The highest BCUT2D eigenvalue weighted by atomic mass is 35.5. The van der Waals surface area contributed by atoms with Gasteiger partial charge in [0, 0.05) is 33.9 Å². The number of esters is 1. The summed E-state index contributed by atoms with van der Waals surface area (Å²) >= 11 is 6.12. The fourth-order valence-corrected chi connectivity index (χ4v) is 2.39. The lowest BCUT2D eigenvalue weighted by Crippen LogP contribution is -2.00. The molecule has 3 rings (SSSR count). The first kappa shape index (κ1) is 14.4. The zero-order valence-corrected chi connectivity index (χ0v) is 12.6. The van der Waals surface area contributed by atoms with Crippen LogP contribution in [0.25, 0.3) is 10.9 Å². The number of fused-ring (bicyclic) bond motifs is 1. The second-order valence-corrected chi connectivity index (χ2v) is 5.11. The highest BCUT2D eigenvalue weighted by molar-refractivity contribution is 6.33. The van der Waals surface area contributed by atoms with E-state index in [1.807, 2.05) is 24.3 Å². The van der Waals surface area contributed by atoms with Gasteiger partial charge in [-0.15, -0.1) is 0 Å².